The lowest BCUT2D eigenvalue weighted by atomic mass is 10.2. The minimum absolute atomic E-state index is 0.0647. The van der Waals surface area contributed by atoms with E-state index in [0.717, 1.165) is 0 Å². The third-order valence-corrected chi connectivity index (χ3v) is 7.41. The molecule has 0 saturated carbocycles. The third kappa shape index (κ3) is 3.84. The number of amides is 2. The fourth-order valence-electron chi connectivity index (χ4n) is 3.42. The van der Waals surface area contributed by atoms with Crippen LogP contribution in [0.15, 0.2) is 44.3 Å². The molecule has 2 aliphatic heterocycles. The summed E-state index contributed by atoms with van der Waals surface area (Å²) >= 11 is 3.16. The molecule has 0 bridgehead atoms. The first kappa shape index (κ1) is 20.9. The van der Waals surface area contributed by atoms with Gasteiger partial charge in [0.2, 0.25) is 10.0 Å². The van der Waals surface area contributed by atoms with E-state index in [1.807, 2.05) is 6.92 Å². The van der Waals surface area contributed by atoms with Crippen molar-refractivity contribution in [3.05, 3.63) is 40.8 Å². The van der Waals surface area contributed by atoms with Crippen LogP contribution in [0.3, 0.4) is 0 Å². The topological polar surface area (TPSA) is 109 Å². The highest BCUT2D eigenvalue weighted by molar-refractivity contribution is 9.10. The first-order chi connectivity index (χ1) is 14.3. The van der Waals surface area contributed by atoms with Crippen molar-refractivity contribution in [1.29, 1.82) is 0 Å². The number of fused-ring (bicyclic) bond motifs is 1. The molecule has 2 aliphatic rings. The summed E-state index contributed by atoms with van der Waals surface area (Å²) in [6, 6.07) is 7.64. The zero-order chi connectivity index (χ0) is 21.5. The number of rotatable bonds is 4. The second-order valence-electron chi connectivity index (χ2n) is 6.96. The fraction of sp³-hybridized carbons (Fsp3) is 0.368. The van der Waals surface area contributed by atoms with E-state index in [4.69, 9.17) is 9.15 Å². The maximum absolute atomic E-state index is 13.1. The fourth-order valence-corrected chi connectivity index (χ4v) is 5.18. The molecule has 0 radical (unpaired) electrons. The highest BCUT2D eigenvalue weighted by Gasteiger charge is 2.33. The van der Waals surface area contributed by atoms with Crippen LogP contribution in [0.5, 0.6) is 5.75 Å². The molecule has 160 valence electrons. The number of furan rings is 1. The standard InChI is InChI=1S/C19H20BrN3O6S/c1-2-14-18(24)21-13-11-12(3-4-15(13)28-14)30(26,27)23-9-7-22(8-10-23)19(25)16-5-6-17(20)29-16/h3-6,11,14H,2,7-10H2,1H3,(H,21,24). The SMILES string of the molecule is CCC1Oc2ccc(S(=O)(=O)N3CCN(C(=O)c4ccc(Br)o4)CC3)cc2NC1=O. The number of hydrogen-bond donors (Lipinski definition) is 1. The molecule has 3 heterocycles. The minimum atomic E-state index is -3.78. The van der Waals surface area contributed by atoms with Gasteiger partial charge in [0.25, 0.3) is 11.8 Å². The predicted octanol–water partition coefficient (Wildman–Crippen LogP) is 2.30. The number of carbonyl (C=O) groups is 2. The Labute approximate surface area is 182 Å². The number of anilines is 1. The molecular formula is C19H20BrN3O6S. The zero-order valence-electron chi connectivity index (χ0n) is 16.1. The highest BCUT2D eigenvalue weighted by atomic mass is 79.9. The molecule has 2 amide bonds. The summed E-state index contributed by atoms with van der Waals surface area (Å²) in [6.07, 6.45) is -0.0659. The second-order valence-corrected chi connectivity index (χ2v) is 9.68. The molecule has 1 aromatic heterocycles. The van der Waals surface area contributed by atoms with E-state index in [0.29, 0.717) is 22.5 Å². The number of sulfonamides is 1. The molecule has 2 aromatic rings. The van der Waals surface area contributed by atoms with Gasteiger partial charge in [0, 0.05) is 26.2 Å². The Kier molecular flexibility index (Phi) is 5.60. The maximum atomic E-state index is 13.1. The van der Waals surface area contributed by atoms with Gasteiger partial charge in [-0.1, -0.05) is 6.92 Å². The van der Waals surface area contributed by atoms with Crippen molar-refractivity contribution in [3.63, 3.8) is 0 Å². The predicted molar refractivity (Wildman–Crippen MR) is 111 cm³/mol. The number of hydrogen-bond acceptors (Lipinski definition) is 6. The Morgan fingerprint density at radius 2 is 1.93 bits per heavy atom. The van der Waals surface area contributed by atoms with Crippen LogP contribution in [-0.2, 0) is 14.8 Å². The summed E-state index contributed by atoms with van der Waals surface area (Å²) < 4.78 is 38.8. The molecule has 1 unspecified atom stereocenters. The number of nitrogens with zero attached hydrogens (tertiary/aromatic N) is 2. The van der Waals surface area contributed by atoms with Crippen LogP contribution < -0.4 is 10.1 Å². The molecule has 0 aliphatic carbocycles. The van der Waals surface area contributed by atoms with E-state index >= 15 is 0 Å². The Morgan fingerprint density at radius 3 is 2.57 bits per heavy atom. The van der Waals surface area contributed by atoms with Crippen LogP contribution in [0.2, 0.25) is 0 Å². The monoisotopic (exact) mass is 497 g/mol. The maximum Gasteiger partial charge on any atom is 0.289 e. The minimum Gasteiger partial charge on any atom is -0.478 e. The average Bonchev–Trinajstić information content (AvgIpc) is 3.18. The van der Waals surface area contributed by atoms with Gasteiger partial charge in [0.15, 0.2) is 16.5 Å². The molecule has 1 N–H and O–H groups in total. The summed E-state index contributed by atoms with van der Waals surface area (Å²) in [7, 11) is -3.78. The molecule has 1 saturated heterocycles. The van der Waals surface area contributed by atoms with Gasteiger partial charge in [0.05, 0.1) is 10.6 Å². The van der Waals surface area contributed by atoms with Gasteiger partial charge in [-0.05, 0) is 52.7 Å². The van der Waals surface area contributed by atoms with Crippen molar-refractivity contribution < 1.29 is 27.2 Å². The normalized spacial score (nSPS) is 19.7. The van der Waals surface area contributed by atoms with Crippen molar-refractivity contribution in [1.82, 2.24) is 9.21 Å². The Morgan fingerprint density at radius 1 is 1.20 bits per heavy atom. The van der Waals surface area contributed by atoms with E-state index in [9.17, 15) is 18.0 Å². The zero-order valence-corrected chi connectivity index (χ0v) is 18.5. The van der Waals surface area contributed by atoms with E-state index in [1.54, 1.807) is 23.1 Å². The van der Waals surface area contributed by atoms with E-state index in [2.05, 4.69) is 21.2 Å². The Balaban J connectivity index is 1.47. The Bertz CT molecular complexity index is 1090. The molecule has 1 fully saturated rings. The van der Waals surface area contributed by atoms with Gasteiger partial charge in [0.1, 0.15) is 5.75 Å². The van der Waals surface area contributed by atoms with Crippen LogP contribution in [0, 0.1) is 0 Å². The number of halogens is 1. The lowest BCUT2D eigenvalue weighted by molar-refractivity contribution is -0.123. The summed E-state index contributed by atoms with van der Waals surface area (Å²) in [6.45, 7) is 2.66. The molecule has 9 nitrogen and oxygen atoms in total. The van der Waals surface area contributed by atoms with Gasteiger partial charge in [-0.25, -0.2) is 8.42 Å². The van der Waals surface area contributed by atoms with Gasteiger partial charge in [-0.3, -0.25) is 9.59 Å². The summed E-state index contributed by atoms with van der Waals surface area (Å²) in [5.74, 6) is 0.0718. The molecular weight excluding hydrogens is 478 g/mol. The van der Waals surface area contributed by atoms with Crippen LogP contribution >= 0.6 is 15.9 Å². The van der Waals surface area contributed by atoms with Gasteiger partial charge >= 0.3 is 0 Å². The first-order valence-corrected chi connectivity index (χ1v) is 11.7. The number of benzene rings is 1. The van der Waals surface area contributed by atoms with Crippen LogP contribution in [0.1, 0.15) is 23.9 Å². The number of piperazine rings is 1. The van der Waals surface area contributed by atoms with E-state index in [-0.39, 0.29) is 48.6 Å². The average molecular weight is 498 g/mol. The van der Waals surface area contributed by atoms with Gasteiger partial charge in [-0.15, -0.1) is 0 Å². The van der Waals surface area contributed by atoms with Crippen molar-refractivity contribution in [2.24, 2.45) is 0 Å². The molecule has 11 heteroatoms. The smallest absolute Gasteiger partial charge is 0.289 e. The van der Waals surface area contributed by atoms with Crippen molar-refractivity contribution in [2.45, 2.75) is 24.3 Å². The van der Waals surface area contributed by atoms with Crippen LogP contribution in [0.25, 0.3) is 0 Å². The molecule has 4 rings (SSSR count). The highest BCUT2D eigenvalue weighted by Crippen LogP contribution is 2.33. The third-order valence-electron chi connectivity index (χ3n) is 5.09. The van der Waals surface area contributed by atoms with Crippen molar-refractivity contribution in [2.75, 3.05) is 31.5 Å². The Hall–Kier alpha value is -2.37. The summed E-state index contributed by atoms with van der Waals surface area (Å²) in [5, 5.41) is 2.70. The van der Waals surface area contributed by atoms with Gasteiger partial charge in [-0.2, -0.15) is 4.31 Å². The van der Waals surface area contributed by atoms with Crippen LogP contribution in [-0.4, -0.2) is 61.7 Å². The quantitative estimate of drug-likeness (QED) is 0.693. The van der Waals surface area contributed by atoms with E-state index in [1.165, 1.54) is 16.4 Å². The molecule has 1 aromatic carbocycles. The van der Waals surface area contributed by atoms with Crippen LogP contribution in [0.4, 0.5) is 5.69 Å². The van der Waals surface area contributed by atoms with Crippen molar-refractivity contribution >= 4 is 43.5 Å². The summed E-state index contributed by atoms with van der Waals surface area (Å²) in [5.41, 5.74) is 0.336. The number of ether oxygens (including phenoxy) is 1. The van der Waals surface area contributed by atoms with E-state index < -0.39 is 16.1 Å². The molecule has 30 heavy (non-hydrogen) atoms. The summed E-state index contributed by atoms with van der Waals surface area (Å²) in [4.78, 5) is 26.1. The molecule has 0 spiro atoms. The second kappa shape index (κ2) is 8.05. The molecule has 1 atom stereocenters. The first-order valence-electron chi connectivity index (χ1n) is 9.46. The number of nitrogens with one attached hydrogen (secondary N) is 1. The lowest BCUT2D eigenvalue weighted by Gasteiger charge is -2.33. The number of carbonyl (C=O) groups excluding carboxylic acids is 2. The van der Waals surface area contributed by atoms with Crippen molar-refractivity contribution in [3.8, 4) is 5.75 Å². The largest absolute Gasteiger partial charge is 0.478 e. The lowest BCUT2D eigenvalue weighted by Crippen LogP contribution is -2.50. The van der Waals surface area contributed by atoms with Gasteiger partial charge < -0.3 is 19.4 Å².